The first-order valence-electron chi connectivity index (χ1n) is 10.3. The molecule has 1 aliphatic carbocycles. The number of rotatable bonds is 6. The number of hydrogen-bond acceptors (Lipinski definition) is 4. The SMILES string of the molecule is O=C1S/C(=C/c2ccc(OCc3ccccc3)c(Br)c2)C(=O)N1CC1CCCCC1. The van der Waals surface area contributed by atoms with Crippen molar-refractivity contribution in [3.05, 3.63) is 69.0 Å². The van der Waals surface area contributed by atoms with E-state index in [1.165, 1.54) is 24.2 Å². The van der Waals surface area contributed by atoms with Crippen LogP contribution in [-0.2, 0) is 11.4 Å². The molecule has 2 aromatic carbocycles. The maximum absolute atomic E-state index is 12.8. The van der Waals surface area contributed by atoms with Crippen molar-refractivity contribution in [1.82, 2.24) is 4.90 Å². The summed E-state index contributed by atoms with van der Waals surface area (Å²) in [5, 5.41) is -0.154. The van der Waals surface area contributed by atoms with Crippen molar-refractivity contribution in [2.75, 3.05) is 6.54 Å². The molecule has 0 N–H and O–H groups in total. The van der Waals surface area contributed by atoms with E-state index in [9.17, 15) is 9.59 Å². The van der Waals surface area contributed by atoms with E-state index >= 15 is 0 Å². The molecule has 0 spiro atoms. The van der Waals surface area contributed by atoms with Crippen LogP contribution in [0, 0.1) is 5.92 Å². The molecular formula is C24H24BrNO3S. The Labute approximate surface area is 189 Å². The van der Waals surface area contributed by atoms with Crippen LogP contribution in [0.1, 0.15) is 43.2 Å². The van der Waals surface area contributed by atoms with E-state index in [-0.39, 0.29) is 11.1 Å². The summed E-state index contributed by atoms with van der Waals surface area (Å²) in [5.74, 6) is 1.01. The topological polar surface area (TPSA) is 46.6 Å². The van der Waals surface area contributed by atoms with Gasteiger partial charge < -0.3 is 4.74 Å². The zero-order valence-corrected chi connectivity index (χ0v) is 19.1. The molecule has 2 amide bonds. The van der Waals surface area contributed by atoms with E-state index in [4.69, 9.17) is 4.74 Å². The van der Waals surface area contributed by atoms with Gasteiger partial charge in [0.15, 0.2) is 0 Å². The molecule has 1 heterocycles. The predicted octanol–water partition coefficient (Wildman–Crippen LogP) is 6.64. The summed E-state index contributed by atoms with van der Waals surface area (Å²) in [6.07, 6.45) is 7.67. The number of carbonyl (C=O) groups excluding carboxylic acids is 2. The molecule has 0 bridgehead atoms. The van der Waals surface area contributed by atoms with Gasteiger partial charge in [-0.3, -0.25) is 14.5 Å². The Balaban J connectivity index is 1.41. The van der Waals surface area contributed by atoms with Crippen molar-refractivity contribution in [2.45, 2.75) is 38.7 Å². The van der Waals surface area contributed by atoms with Gasteiger partial charge >= 0.3 is 0 Å². The second-order valence-electron chi connectivity index (χ2n) is 7.76. The van der Waals surface area contributed by atoms with Gasteiger partial charge in [0, 0.05) is 6.54 Å². The number of benzene rings is 2. The number of halogens is 1. The largest absolute Gasteiger partial charge is 0.488 e. The third kappa shape index (κ3) is 5.16. The minimum absolute atomic E-state index is 0.154. The molecule has 2 aliphatic rings. The molecule has 1 saturated heterocycles. The summed E-state index contributed by atoms with van der Waals surface area (Å²) >= 11 is 4.59. The lowest BCUT2D eigenvalue weighted by molar-refractivity contribution is -0.123. The van der Waals surface area contributed by atoms with Crippen molar-refractivity contribution in [3.8, 4) is 5.75 Å². The lowest BCUT2D eigenvalue weighted by Gasteiger charge is -2.25. The van der Waals surface area contributed by atoms with Crippen molar-refractivity contribution < 1.29 is 14.3 Å². The Morgan fingerprint density at radius 2 is 1.83 bits per heavy atom. The number of amides is 2. The highest BCUT2D eigenvalue weighted by Crippen LogP contribution is 2.36. The molecule has 1 aliphatic heterocycles. The molecule has 0 radical (unpaired) electrons. The van der Waals surface area contributed by atoms with Crippen molar-refractivity contribution in [1.29, 1.82) is 0 Å². The highest BCUT2D eigenvalue weighted by Gasteiger charge is 2.36. The molecule has 0 unspecified atom stereocenters. The molecule has 2 aromatic rings. The monoisotopic (exact) mass is 485 g/mol. The summed E-state index contributed by atoms with van der Waals surface area (Å²) in [7, 11) is 0. The Hall–Kier alpha value is -2.05. The Morgan fingerprint density at radius 3 is 2.57 bits per heavy atom. The van der Waals surface area contributed by atoms with Crippen LogP contribution >= 0.6 is 27.7 Å². The van der Waals surface area contributed by atoms with Gasteiger partial charge in [-0.15, -0.1) is 0 Å². The van der Waals surface area contributed by atoms with Crippen LogP contribution in [0.25, 0.3) is 6.08 Å². The van der Waals surface area contributed by atoms with Crippen molar-refractivity contribution >= 4 is 44.9 Å². The maximum Gasteiger partial charge on any atom is 0.293 e. The highest BCUT2D eigenvalue weighted by molar-refractivity contribution is 9.10. The Morgan fingerprint density at radius 1 is 1.07 bits per heavy atom. The second kappa shape index (κ2) is 9.84. The van der Waals surface area contributed by atoms with E-state index in [1.807, 2.05) is 48.5 Å². The number of hydrogen-bond donors (Lipinski definition) is 0. The van der Waals surface area contributed by atoms with E-state index in [0.29, 0.717) is 24.0 Å². The zero-order valence-electron chi connectivity index (χ0n) is 16.7. The van der Waals surface area contributed by atoms with Crippen LogP contribution in [0.3, 0.4) is 0 Å². The molecule has 4 nitrogen and oxygen atoms in total. The molecule has 4 rings (SSSR count). The van der Waals surface area contributed by atoms with Crippen LogP contribution in [0.15, 0.2) is 57.9 Å². The van der Waals surface area contributed by atoms with Gasteiger partial charge in [0.25, 0.3) is 11.1 Å². The summed E-state index contributed by atoms with van der Waals surface area (Å²) in [5.41, 5.74) is 1.96. The third-order valence-corrected chi connectivity index (χ3v) is 7.06. The standard InChI is InChI=1S/C24H24BrNO3S/c25-20-13-19(11-12-21(20)29-16-18-9-5-2-6-10-18)14-22-23(27)26(24(28)30-22)15-17-7-3-1-4-8-17/h2,5-6,9-14,17H,1,3-4,7-8,15-16H2/b22-14+. The van der Waals surface area contributed by atoms with E-state index in [1.54, 1.807) is 6.08 Å². The molecule has 30 heavy (non-hydrogen) atoms. The number of ether oxygens (including phenoxy) is 1. The van der Waals surface area contributed by atoms with Gasteiger partial charge in [0.1, 0.15) is 12.4 Å². The average Bonchev–Trinajstić information content (AvgIpc) is 3.02. The number of nitrogens with zero attached hydrogens (tertiary/aromatic N) is 1. The van der Waals surface area contributed by atoms with Crippen LogP contribution < -0.4 is 4.74 Å². The molecule has 0 atom stereocenters. The first-order chi connectivity index (χ1) is 14.6. The predicted molar refractivity (Wildman–Crippen MR) is 124 cm³/mol. The van der Waals surface area contributed by atoms with E-state index in [0.717, 1.165) is 46.0 Å². The molecular weight excluding hydrogens is 462 g/mol. The quantitative estimate of drug-likeness (QED) is 0.429. The summed E-state index contributed by atoms with van der Waals surface area (Å²) in [6, 6.07) is 15.7. The van der Waals surface area contributed by atoms with E-state index < -0.39 is 0 Å². The van der Waals surface area contributed by atoms with Crippen LogP contribution in [0.5, 0.6) is 5.75 Å². The maximum atomic E-state index is 12.8. The third-order valence-electron chi connectivity index (χ3n) is 5.53. The Kier molecular flexibility index (Phi) is 6.95. The average molecular weight is 486 g/mol. The Bertz CT molecular complexity index is 954. The summed E-state index contributed by atoms with van der Waals surface area (Å²) < 4.78 is 6.70. The molecule has 1 saturated carbocycles. The summed E-state index contributed by atoms with van der Waals surface area (Å²) in [4.78, 5) is 27.1. The number of imide groups is 1. The van der Waals surface area contributed by atoms with Crippen LogP contribution in [-0.4, -0.2) is 22.6 Å². The van der Waals surface area contributed by atoms with Gasteiger partial charge in [-0.2, -0.15) is 0 Å². The normalized spacial score (nSPS) is 19.0. The van der Waals surface area contributed by atoms with Crippen molar-refractivity contribution in [3.63, 3.8) is 0 Å². The van der Waals surface area contributed by atoms with Gasteiger partial charge in [-0.05, 0) is 75.8 Å². The summed E-state index contributed by atoms with van der Waals surface area (Å²) in [6.45, 7) is 1.04. The molecule has 156 valence electrons. The smallest absolute Gasteiger partial charge is 0.293 e. The van der Waals surface area contributed by atoms with Crippen LogP contribution in [0.4, 0.5) is 4.79 Å². The van der Waals surface area contributed by atoms with Crippen molar-refractivity contribution in [2.24, 2.45) is 5.92 Å². The first-order valence-corrected chi connectivity index (χ1v) is 11.9. The second-order valence-corrected chi connectivity index (χ2v) is 9.61. The molecule has 0 aromatic heterocycles. The van der Waals surface area contributed by atoms with Gasteiger partial charge in [0.2, 0.25) is 0 Å². The first kappa shape index (κ1) is 21.2. The molecule has 6 heteroatoms. The molecule has 2 fully saturated rings. The van der Waals surface area contributed by atoms with Crippen LogP contribution in [0.2, 0.25) is 0 Å². The minimum Gasteiger partial charge on any atom is -0.488 e. The van der Waals surface area contributed by atoms with Gasteiger partial charge in [0.05, 0.1) is 9.38 Å². The number of thioether (sulfide) groups is 1. The fourth-order valence-corrected chi connectivity index (χ4v) is 5.26. The lowest BCUT2D eigenvalue weighted by Crippen LogP contribution is -2.34. The van der Waals surface area contributed by atoms with E-state index in [2.05, 4.69) is 15.9 Å². The zero-order chi connectivity index (χ0) is 20.9. The fourth-order valence-electron chi connectivity index (χ4n) is 3.90. The fraction of sp³-hybridized carbons (Fsp3) is 0.333. The van der Waals surface area contributed by atoms with Gasteiger partial charge in [-0.1, -0.05) is 55.7 Å². The van der Waals surface area contributed by atoms with Gasteiger partial charge in [-0.25, -0.2) is 0 Å². The minimum atomic E-state index is -0.170. The highest BCUT2D eigenvalue weighted by atomic mass is 79.9. The number of carbonyl (C=O) groups is 2. The lowest BCUT2D eigenvalue weighted by atomic mass is 9.89.